The molecule has 0 radical (unpaired) electrons. The molecule has 0 spiro atoms. The average molecular weight is 459 g/mol. The molecule has 0 saturated carbocycles. The molecule has 0 unspecified atom stereocenters. The number of fused-ring (bicyclic) bond motifs is 1. The summed E-state index contributed by atoms with van der Waals surface area (Å²) in [6.07, 6.45) is 1.59. The van der Waals surface area contributed by atoms with Gasteiger partial charge in [-0.25, -0.2) is 4.98 Å². The molecule has 0 fully saturated rings. The van der Waals surface area contributed by atoms with Gasteiger partial charge in [0.15, 0.2) is 11.9 Å². The number of ether oxygens (including phenoxy) is 3. The number of imidazole rings is 1. The van der Waals surface area contributed by atoms with Gasteiger partial charge >= 0.3 is 0 Å². The van der Waals surface area contributed by atoms with E-state index < -0.39 is 24.0 Å². The Morgan fingerprint density at radius 3 is 2.59 bits per heavy atom. The van der Waals surface area contributed by atoms with Gasteiger partial charge in [0.2, 0.25) is 0 Å². The van der Waals surface area contributed by atoms with Crippen molar-refractivity contribution in [3.05, 3.63) is 71.3 Å². The van der Waals surface area contributed by atoms with Gasteiger partial charge in [-0.1, -0.05) is 11.6 Å². The molecule has 3 atom stereocenters. The molecule has 0 aliphatic carbocycles. The number of aliphatic hydroxyl groups is 1. The molecule has 1 aliphatic heterocycles. The molecule has 8 nitrogen and oxygen atoms in total. The number of aromatic amines is 1. The molecule has 0 amide bonds. The third-order valence-electron chi connectivity index (χ3n) is 5.83. The Labute approximate surface area is 191 Å². The molecule has 4 rings (SSSR count). The van der Waals surface area contributed by atoms with E-state index in [2.05, 4.69) is 9.97 Å². The van der Waals surface area contributed by atoms with Crippen molar-refractivity contribution < 1.29 is 19.3 Å². The number of H-pyrrole nitrogens is 1. The third kappa shape index (κ3) is 4.02. The van der Waals surface area contributed by atoms with Crippen LogP contribution in [0.4, 0.5) is 11.4 Å². The minimum absolute atomic E-state index is 0.394. The molecule has 170 valence electrons. The van der Waals surface area contributed by atoms with Crippen LogP contribution in [0.3, 0.4) is 0 Å². The molecule has 1 aromatic heterocycles. The quantitative estimate of drug-likeness (QED) is 0.367. The number of nitrogens with one attached hydrogen (secondary N) is 1. The summed E-state index contributed by atoms with van der Waals surface area (Å²) in [7, 11) is 3.03. The fourth-order valence-corrected chi connectivity index (χ4v) is 4.42. The Kier molecular flexibility index (Phi) is 6.30. The topological polar surface area (TPSA) is 106 Å². The van der Waals surface area contributed by atoms with Gasteiger partial charge in [-0.3, -0.25) is 0 Å². The first-order valence-electron chi connectivity index (χ1n) is 10.2. The summed E-state index contributed by atoms with van der Waals surface area (Å²) in [6.45, 7) is 2.17. The second kappa shape index (κ2) is 8.99. The number of nitrogens with two attached hydrogens (primary N) is 1. The number of benzene rings is 2. The van der Waals surface area contributed by atoms with Crippen LogP contribution in [-0.2, 0) is 16.0 Å². The van der Waals surface area contributed by atoms with E-state index in [0.717, 1.165) is 17.1 Å². The van der Waals surface area contributed by atoms with Gasteiger partial charge in [-0.05, 0) is 49.4 Å². The molecule has 9 heteroatoms. The molecule has 32 heavy (non-hydrogen) atoms. The van der Waals surface area contributed by atoms with E-state index in [1.807, 2.05) is 35.2 Å². The molecule has 1 aliphatic rings. The number of hydrogen-bond donors (Lipinski definition) is 3. The molecule has 2 heterocycles. The van der Waals surface area contributed by atoms with Crippen molar-refractivity contribution in [1.82, 2.24) is 9.97 Å². The Balaban J connectivity index is 1.88. The van der Waals surface area contributed by atoms with Crippen molar-refractivity contribution in [1.29, 1.82) is 0 Å². The molecular weight excluding hydrogens is 432 g/mol. The largest absolute Gasteiger partial charge is 0.479 e. The number of halogens is 1. The zero-order valence-corrected chi connectivity index (χ0v) is 18.9. The SMILES string of the molecule is COC(OC)[C@@]1(C)Oc2ccc(N)cc2[C@H](N(Cc2ncc[nH]2)c2ccc(Cl)cc2)[C@H]1O. The lowest BCUT2D eigenvalue weighted by Gasteiger charge is -2.50. The zero-order valence-electron chi connectivity index (χ0n) is 18.2. The highest BCUT2D eigenvalue weighted by Crippen LogP contribution is 2.47. The van der Waals surface area contributed by atoms with E-state index in [4.69, 9.17) is 31.5 Å². The predicted octanol–water partition coefficient (Wildman–Crippen LogP) is 3.52. The zero-order chi connectivity index (χ0) is 22.9. The van der Waals surface area contributed by atoms with Crippen LogP contribution in [0.15, 0.2) is 54.9 Å². The van der Waals surface area contributed by atoms with E-state index in [0.29, 0.717) is 23.0 Å². The summed E-state index contributed by atoms with van der Waals surface area (Å²) < 4.78 is 17.3. The van der Waals surface area contributed by atoms with E-state index in [-0.39, 0.29) is 0 Å². The fraction of sp³-hybridized carbons (Fsp3) is 0.348. The van der Waals surface area contributed by atoms with E-state index >= 15 is 0 Å². The number of methoxy groups -OCH3 is 2. The fourth-order valence-electron chi connectivity index (χ4n) is 4.29. The minimum atomic E-state index is -1.20. The number of aromatic nitrogens is 2. The molecule has 0 bridgehead atoms. The normalized spacial score (nSPS) is 22.4. The minimum Gasteiger partial charge on any atom is -0.479 e. The Morgan fingerprint density at radius 2 is 1.97 bits per heavy atom. The second-order valence-corrected chi connectivity index (χ2v) is 8.35. The lowest BCUT2D eigenvalue weighted by molar-refractivity contribution is -0.237. The van der Waals surface area contributed by atoms with Gasteiger partial charge in [0, 0.05) is 48.6 Å². The van der Waals surface area contributed by atoms with Gasteiger partial charge in [0.25, 0.3) is 0 Å². The maximum absolute atomic E-state index is 11.7. The standard InChI is InChI=1S/C23H27ClN4O4/c1-23(22(30-2)31-3)21(29)20(17-12-15(25)6-9-18(17)32-23)28(13-19-26-10-11-27-19)16-7-4-14(24)5-8-16/h4-12,20-22,29H,13,25H2,1-3H3,(H,26,27)/t20-,21+,23-/m0/s1. The van der Waals surface area contributed by atoms with Crippen molar-refractivity contribution in [3.63, 3.8) is 0 Å². The van der Waals surface area contributed by atoms with Crippen molar-refractivity contribution in [2.24, 2.45) is 0 Å². The molecule has 2 aromatic carbocycles. The number of aliphatic hydroxyl groups excluding tert-OH is 1. The predicted molar refractivity (Wildman–Crippen MR) is 123 cm³/mol. The second-order valence-electron chi connectivity index (χ2n) is 7.92. The average Bonchev–Trinajstić information content (AvgIpc) is 3.29. The first kappa shape index (κ1) is 22.4. The molecule has 3 aromatic rings. The van der Waals surface area contributed by atoms with Crippen LogP contribution >= 0.6 is 11.6 Å². The van der Waals surface area contributed by atoms with Gasteiger partial charge in [0.05, 0.1) is 12.6 Å². The summed E-state index contributed by atoms with van der Waals surface area (Å²) in [5.41, 5.74) is 7.09. The van der Waals surface area contributed by atoms with E-state index in [1.54, 1.807) is 31.5 Å². The van der Waals surface area contributed by atoms with Crippen molar-refractivity contribution in [2.75, 3.05) is 24.9 Å². The van der Waals surface area contributed by atoms with Crippen LogP contribution in [-0.4, -0.2) is 47.3 Å². The maximum atomic E-state index is 11.7. The van der Waals surface area contributed by atoms with Crippen molar-refractivity contribution >= 4 is 23.0 Å². The van der Waals surface area contributed by atoms with E-state index in [9.17, 15) is 5.11 Å². The number of anilines is 2. The number of nitrogen functional groups attached to an aromatic ring is 1. The van der Waals surface area contributed by atoms with Crippen LogP contribution in [0.5, 0.6) is 5.75 Å². The van der Waals surface area contributed by atoms with Crippen LogP contribution in [0.2, 0.25) is 5.02 Å². The number of rotatable bonds is 7. The van der Waals surface area contributed by atoms with Crippen molar-refractivity contribution in [2.45, 2.75) is 37.5 Å². The van der Waals surface area contributed by atoms with Crippen LogP contribution in [0.25, 0.3) is 0 Å². The molecule has 4 N–H and O–H groups in total. The third-order valence-corrected chi connectivity index (χ3v) is 6.09. The lowest BCUT2D eigenvalue weighted by Crippen LogP contribution is -2.62. The number of nitrogens with zero attached hydrogens (tertiary/aromatic N) is 2. The summed E-state index contributed by atoms with van der Waals surface area (Å²) in [6, 6.07) is 12.3. The highest BCUT2D eigenvalue weighted by molar-refractivity contribution is 6.30. The summed E-state index contributed by atoms with van der Waals surface area (Å²) >= 11 is 6.14. The van der Waals surface area contributed by atoms with Gasteiger partial charge in [-0.2, -0.15) is 0 Å². The monoisotopic (exact) mass is 458 g/mol. The van der Waals surface area contributed by atoms with Gasteiger partial charge < -0.3 is 34.9 Å². The Morgan fingerprint density at radius 1 is 1.25 bits per heavy atom. The smallest absolute Gasteiger partial charge is 0.199 e. The maximum Gasteiger partial charge on any atom is 0.199 e. The van der Waals surface area contributed by atoms with Crippen LogP contribution in [0.1, 0.15) is 24.4 Å². The first-order chi connectivity index (χ1) is 15.4. The van der Waals surface area contributed by atoms with Crippen LogP contribution in [0, 0.1) is 0 Å². The summed E-state index contributed by atoms with van der Waals surface area (Å²) in [5.74, 6) is 1.33. The number of hydrogen-bond acceptors (Lipinski definition) is 7. The molecular formula is C23H27ClN4O4. The summed E-state index contributed by atoms with van der Waals surface area (Å²) in [5, 5.41) is 12.4. The Hall–Kier alpha value is -2.78. The first-order valence-corrected chi connectivity index (χ1v) is 10.6. The lowest BCUT2D eigenvalue weighted by atomic mass is 9.83. The van der Waals surface area contributed by atoms with E-state index in [1.165, 1.54) is 14.2 Å². The van der Waals surface area contributed by atoms with Crippen LogP contribution < -0.4 is 15.4 Å². The Bertz CT molecular complexity index is 1040. The highest BCUT2D eigenvalue weighted by Gasteiger charge is 2.53. The summed E-state index contributed by atoms with van der Waals surface area (Å²) in [4.78, 5) is 9.57. The van der Waals surface area contributed by atoms with Gasteiger partial charge in [0.1, 0.15) is 17.7 Å². The van der Waals surface area contributed by atoms with Crippen molar-refractivity contribution in [3.8, 4) is 5.75 Å². The van der Waals surface area contributed by atoms with Gasteiger partial charge in [-0.15, -0.1) is 0 Å². The molecule has 0 saturated heterocycles. The highest BCUT2D eigenvalue weighted by atomic mass is 35.5.